The van der Waals surface area contributed by atoms with Gasteiger partial charge in [-0.2, -0.15) is 0 Å². The lowest BCUT2D eigenvalue weighted by Gasteiger charge is -1.85. The van der Waals surface area contributed by atoms with E-state index in [0.717, 1.165) is 12.1 Å². The minimum Gasteiger partial charge on any atom is -0.258 e. The summed E-state index contributed by atoms with van der Waals surface area (Å²) in [5, 5.41) is 0. The predicted molar refractivity (Wildman–Crippen MR) is 47.3 cm³/mol. The van der Waals surface area contributed by atoms with Crippen molar-refractivity contribution in [2.24, 2.45) is 4.99 Å². The van der Waals surface area contributed by atoms with Crippen LogP contribution >= 0.6 is 0 Å². The van der Waals surface area contributed by atoms with Crippen LogP contribution in [-0.2, 0) is 0 Å². The molecule has 0 aliphatic carbocycles. The Balaban J connectivity index is 3.74. The molecule has 0 amide bonds. The Morgan fingerprint density at radius 1 is 1.60 bits per heavy atom. The highest BCUT2D eigenvalue weighted by Crippen LogP contribution is 1.94. The number of nitrogens with zero attached hydrogens (tertiary/aromatic N) is 1. The highest BCUT2D eigenvalue weighted by Gasteiger charge is 1.75. The van der Waals surface area contributed by atoms with Crippen molar-refractivity contribution in [3.63, 3.8) is 0 Å². The third kappa shape index (κ3) is 5.04. The van der Waals surface area contributed by atoms with Gasteiger partial charge in [-0.15, -0.1) is 0 Å². The molecular weight excluding hydrogens is 122 g/mol. The van der Waals surface area contributed by atoms with Gasteiger partial charge in [-0.05, 0) is 12.5 Å². The summed E-state index contributed by atoms with van der Waals surface area (Å²) >= 11 is 0. The molecule has 0 heterocycles. The molecule has 0 aliphatic heterocycles. The van der Waals surface area contributed by atoms with E-state index in [0.29, 0.717) is 0 Å². The molecule has 0 unspecified atom stereocenters. The largest absolute Gasteiger partial charge is 0.258 e. The van der Waals surface area contributed by atoms with Crippen molar-refractivity contribution in [1.29, 1.82) is 0 Å². The van der Waals surface area contributed by atoms with E-state index in [9.17, 15) is 0 Å². The maximum atomic E-state index is 3.96. The molecule has 1 nitrogen and oxygen atoms in total. The van der Waals surface area contributed by atoms with Gasteiger partial charge < -0.3 is 0 Å². The van der Waals surface area contributed by atoms with Gasteiger partial charge in [0.25, 0.3) is 0 Å². The van der Waals surface area contributed by atoms with Crippen LogP contribution in [0.1, 0.15) is 13.3 Å². The number of hydrogen-bond acceptors (Lipinski definition) is 1. The van der Waals surface area contributed by atoms with Crippen LogP contribution in [0.25, 0.3) is 0 Å². The molecular formula is C9H13N. The molecule has 0 saturated carbocycles. The summed E-state index contributed by atoms with van der Waals surface area (Å²) in [6.45, 7) is 9.27. The van der Waals surface area contributed by atoms with Crippen LogP contribution in [0.2, 0.25) is 0 Å². The van der Waals surface area contributed by atoms with Gasteiger partial charge in [-0.25, -0.2) is 0 Å². The molecule has 0 radical (unpaired) electrons. The van der Waals surface area contributed by atoms with Crippen LogP contribution in [-0.4, -0.2) is 6.21 Å². The summed E-state index contributed by atoms with van der Waals surface area (Å²) in [5.74, 6) is 0. The van der Waals surface area contributed by atoms with Crippen molar-refractivity contribution in [1.82, 2.24) is 0 Å². The quantitative estimate of drug-likeness (QED) is 0.415. The zero-order chi connectivity index (χ0) is 7.82. The Morgan fingerprint density at radius 3 is 2.80 bits per heavy atom. The molecule has 0 aromatic carbocycles. The molecule has 0 aromatic heterocycles. The van der Waals surface area contributed by atoms with E-state index in [2.05, 4.69) is 25.1 Å². The maximum Gasteiger partial charge on any atom is 0.0554 e. The van der Waals surface area contributed by atoms with Crippen LogP contribution in [0.4, 0.5) is 0 Å². The smallest absolute Gasteiger partial charge is 0.0554 e. The second-order valence-electron chi connectivity index (χ2n) is 1.82. The fraction of sp³-hybridized carbons (Fsp3) is 0.222. The molecule has 1 heteroatoms. The van der Waals surface area contributed by atoms with Gasteiger partial charge in [-0.3, -0.25) is 4.99 Å². The van der Waals surface area contributed by atoms with Gasteiger partial charge in [0.05, 0.1) is 5.70 Å². The Kier molecular flexibility index (Phi) is 5.35. The van der Waals surface area contributed by atoms with Crippen LogP contribution in [0.3, 0.4) is 0 Å². The molecule has 0 fully saturated rings. The highest BCUT2D eigenvalue weighted by atomic mass is 14.7. The van der Waals surface area contributed by atoms with Gasteiger partial charge >= 0.3 is 0 Å². The summed E-state index contributed by atoms with van der Waals surface area (Å²) < 4.78 is 0. The fourth-order valence-corrected chi connectivity index (χ4v) is 0.445. The van der Waals surface area contributed by atoms with Crippen molar-refractivity contribution >= 4 is 6.21 Å². The lowest BCUT2D eigenvalue weighted by Crippen LogP contribution is -1.68. The number of hydrogen-bond donors (Lipinski definition) is 0. The average molecular weight is 135 g/mol. The third-order valence-corrected chi connectivity index (χ3v) is 0.892. The van der Waals surface area contributed by atoms with Crippen LogP contribution in [0.5, 0.6) is 0 Å². The molecule has 0 saturated heterocycles. The summed E-state index contributed by atoms with van der Waals surface area (Å²) in [6.07, 6.45) is 8.18. The van der Waals surface area contributed by atoms with Gasteiger partial charge in [-0.1, -0.05) is 32.2 Å². The van der Waals surface area contributed by atoms with Crippen molar-refractivity contribution in [2.45, 2.75) is 13.3 Å². The highest BCUT2D eigenvalue weighted by molar-refractivity contribution is 5.71. The van der Waals surface area contributed by atoms with Crippen molar-refractivity contribution < 1.29 is 0 Å². The van der Waals surface area contributed by atoms with Crippen LogP contribution in [0, 0.1) is 0 Å². The van der Waals surface area contributed by atoms with Crippen molar-refractivity contribution in [3.8, 4) is 0 Å². The standard InChI is InChI=1S/C9H13N/c1-4-6-7-9(3)10-8-5-2/h5-8H,2-4H2,1H3/b7-6+,10-8?. The predicted octanol–water partition coefficient (Wildman–Crippen LogP) is 2.72. The molecule has 0 N–H and O–H groups in total. The van der Waals surface area contributed by atoms with E-state index in [4.69, 9.17) is 0 Å². The first kappa shape index (κ1) is 8.89. The molecule has 10 heavy (non-hydrogen) atoms. The summed E-state index contributed by atoms with van der Waals surface area (Å²) in [4.78, 5) is 3.96. The average Bonchev–Trinajstić information content (AvgIpc) is 1.97. The van der Waals surface area contributed by atoms with E-state index >= 15 is 0 Å². The van der Waals surface area contributed by atoms with Crippen molar-refractivity contribution in [2.75, 3.05) is 0 Å². The lowest BCUT2D eigenvalue weighted by atomic mass is 10.4. The van der Waals surface area contributed by atoms with E-state index in [1.165, 1.54) is 0 Å². The molecule has 0 bridgehead atoms. The molecule has 54 valence electrons. The minimum atomic E-state index is 0.766. The molecule has 0 atom stereocenters. The van der Waals surface area contributed by atoms with Crippen molar-refractivity contribution in [3.05, 3.63) is 37.1 Å². The minimum absolute atomic E-state index is 0.766. The Bertz CT molecular complexity index is 164. The summed E-state index contributed by atoms with van der Waals surface area (Å²) in [6, 6.07) is 0. The topological polar surface area (TPSA) is 12.4 Å². The van der Waals surface area contributed by atoms with Crippen LogP contribution < -0.4 is 0 Å². The molecule has 0 aliphatic rings. The number of rotatable bonds is 4. The zero-order valence-electron chi connectivity index (χ0n) is 6.38. The van der Waals surface area contributed by atoms with E-state index < -0.39 is 0 Å². The normalized spacial score (nSPS) is 10.9. The monoisotopic (exact) mass is 135 g/mol. The Morgan fingerprint density at radius 2 is 2.30 bits per heavy atom. The second kappa shape index (κ2) is 6.02. The summed E-state index contributed by atoms with van der Waals surface area (Å²) in [7, 11) is 0. The fourth-order valence-electron chi connectivity index (χ4n) is 0.445. The Hall–Kier alpha value is -1.11. The number of allylic oxidation sites excluding steroid dienone is 3. The van der Waals surface area contributed by atoms with E-state index in [1.807, 2.05) is 12.2 Å². The van der Waals surface area contributed by atoms with Gasteiger partial charge in [0.15, 0.2) is 0 Å². The maximum absolute atomic E-state index is 3.96. The molecule has 0 spiro atoms. The van der Waals surface area contributed by atoms with Crippen LogP contribution in [0.15, 0.2) is 42.1 Å². The van der Waals surface area contributed by atoms with E-state index in [1.54, 1.807) is 12.3 Å². The second-order valence-corrected chi connectivity index (χ2v) is 1.82. The van der Waals surface area contributed by atoms with Gasteiger partial charge in [0, 0.05) is 6.21 Å². The number of aliphatic imine (C=N–C) groups is 1. The zero-order valence-corrected chi connectivity index (χ0v) is 6.38. The first-order valence-corrected chi connectivity index (χ1v) is 3.31. The molecule has 0 aromatic rings. The SMILES string of the molecule is C=CC=NC(=C)/C=C/CC. The van der Waals surface area contributed by atoms with Gasteiger partial charge in [0.1, 0.15) is 0 Å². The van der Waals surface area contributed by atoms with Gasteiger partial charge in [0.2, 0.25) is 0 Å². The third-order valence-electron chi connectivity index (χ3n) is 0.892. The van der Waals surface area contributed by atoms with E-state index in [-0.39, 0.29) is 0 Å². The molecule has 0 rings (SSSR count). The summed E-state index contributed by atoms with van der Waals surface area (Å²) in [5.41, 5.74) is 0.766. The first-order chi connectivity index (χ1) is 4.81. The Labute approximate surface area is 62.5 Å². The lowest BCUT2D eigenvalue weighted by molar-refractivity contribution is 1.21. The first-order valence-electron chi connectivity index (χ1n) is 3.31.